The number of nitrogens with one attached hydrogen (secondary N) is 1. The maximum Gasteiger partial charge on any atom is 0.229 e. The van der Waals surface area contributed by atoms with Crippen LogP contribution < -0.4 is 10.5 Å². The van der Waals surface area contributed by atoms with E-state index in [1.54, 1.807) is 6.07 Å². The van der Waals surface area contributed by atoms with Crippen LogP contribution in [0.3, 0.4) is 0 Å². The molecule has 0 aliphatic heterocycles. The molecule has 0 heterocycles. The number of anilines is 1. The van der Waals surface area contributed by atoms with Crippen molar-refractivity contribution in [3.8, 4) is 16.9 Å². The fourth-order valence-corrected chi connectivity index (χ4v) is 3.11. The summed E-state index contributed by atoms with van der Waals surface area (Å²) in [6, 6.07) is 12.7. The Balaban J connectivity index is 1.91. The van der Waals surface area contributed by atoms with Gasteiger partial charge in [0.25, 0.3) is 0 Å². The molecule has 22 heavy (non-hydrogen) atoms. The predicted octanol–water partition coefficient (Wildman–Crippen LogP) is 2.25. The van der Waals surface area contributed by atoms with Gasteiger partial charge in [-0.05, 0) is 35.7 Å². The number of nitrogens with two attached hydrogens (primary N) is 1. The summed E-state index contributed by atoms with van der Waals surface area (Å²) in [5.41, 5.74) is 8.87. The molecule has 1 saturated carbocycles. The normalized spacial score (nSPS) is 20.6. The molecule has 0 saturated heterocycles. The average Bonchev–Trinajstić information content (AvgIpc) is 3.17. The molecular formula is C16H18N2O3S. The smallest absolute Gasteiger partial charge is 0.229 e. The van der Waals surface area contributed by atoms with Gasteiger partial charge < -0.3 is 10.8 Å². The minimum atomic E-state index is -3.35. The van der Waals surface area contributed by atoms with Gasteiger partial charge >= 0.3 is 0 Å². The second-order valence-electron chi connectivity index (χ2n) is 5.73. The summed E-state index contributed by atoms with van der Waals surface area (Å²) in [4.78, 5) is 0. The molecule has 3 rings (SSSR count). The van der Waals surface area contributed by atoms with Crippen LogP contribution >= 0.6 is 0 Å². The zero-order chi connectivity index (χ0) is 15.9. The highest BCUT2D eigenvalue weighted by molar-refractivity contribution is 7.92. The zero-order valence-electron chi connectivity index (χ0n) is 12.2. The Hall–Kier alpha value is -2.05. The van der Waals surface area contributed by atoms with Gasteiger partial charge in [0, 0.05) is 23.2 Å². The van der Waals surface area contributed by atoms with E-state index in [0.29, 0.717) is 17.2 Å². The molecule has 2 atom stereocenters. The van der Waals surface area contributed by atoms with Crippen molar-refractivity contribution < 1.29 is 13.5 Å². The van der Waals surface area contributed by atoms with Crippen LogP contribution in [0.15, 0.2) is 42.5 Å². The number of benzene rings is 2. The van der Waals surface area contributed by atoms with E-state index >= 15 is 0 Å². The van der Waals surface area contributed by atoms with Gasteiger partial charge in [-0.3, -0.25) is 4.72 Å². The van der Waals surface area contributed by atoms with E-state index in [9.17, 15) is 13.5 Å². The lowest BCUT2D eigenvalue weighted by Crippen LogP contribution is -2.09. The van der Waals surface area contributed by atoms with E-state index in [2.05, 4.69) is 4.72 Å². The van der Waals surface area contributed by atoms with Crippen molar-refractivity contribution in [2.24, 2.45) is 5.73 Å². The predicted molar refractivity (Wildman–Crippen MR) is 87.3 cm³/mol. The summed E-state index contributed by atoms with van der Waals surface area (Å²) in [6.07, 6.45) is 2.10. The Morgan fingerprint density at radius 3 is 2.36 bits per heavy atom. The van der Waals surface area contributed by atoms with E-state index in [0.717, 1.165) is 18.2 Å². The van der Waals surface area contributed by atoms with Gasteiger partial charge in [0.1, 0.15) is 5.75 Å². The number of phenols is 1. The summed E-state index contributed by atoms with van der Waals surface area (Å²) >= 11 is 0. The second kappa shape index (κ2) is 5.30. The van der Waals surface area contributed by atoms with Crippen molar-refractivity contribution in [3.63, 3.8) is 0 Å². The molecule has 1 fully saturated rings. The van der Waals surface area contributed by atoms with Crippen molar-refractivity contribution in [2.75, 3.05) is 11.0 Å². The minimum Gasteiger partial charge on any atom is -0.507 e. The van der Waals surface area contributed by atoms with Crippen molar-refractivity contribution in [3.05, 3.63) is 48.0 Å². The molecule has 1 aliphatic carbocycles. The maximum atomic E-state index is 11.3. The molecule has 0 spiro atoms. The van der Waals surface area contributed by atoms with E-state index in [1.807, 2.05) is 24.3 Å². The van der Waals surface area contributed by atoms with Gasteiger partial charge in [-0.25, -0.2) is 8.42 Å². The molecule has 0 bridgehead atoms. The summed E-state index contributed by atoms with van der Waals surface area (Å²) in [5, 5.41) is 10.0. The third-order valence-corrected chi connectivity index (χ3v) is 4.40. The minimum absolute atomic E-state index is 0.106. The highest BCUT2D eigenvalue weighted by Crippen LogP contribution is 2.40. The Morgan fingerprint density at radius 2 is 1.82 bits per heavy atom. The van der Waals surface area contributed by atoms with E-state index in [1.165, 1.54) is 17.7 Å². The van der Waals surface area contributed by atoms with E-state index in [-0.39, 0.29) is 11.8 Å². The highest BCUT2D eigenvalue weighted by Gasteiger charge is 2.34. The first kappa shape index (κ1) is 14.9. The summed E-state index contributed by atoms with van der Waals surface area (Å²) in [6.45, 7) is 0. The lowest BCUT2D eigenvalue weighted by atomic mass is 10.0. The Labute approximate surface area is 129 Å². The monoisotopic (exact) mass is 318 g/mol. The van der Waals surface area contributed by atoms with Crippen molar-refractivity contribution in [1.82, 2.24) is 0 Å². The van der Waals surface area contributed by atoms with Gasteiger partial charge in [-0.2, -0.15) is 0 Å². The Bertz CT molecular complexity index is 801. The van der Waals surface area contributed by atoms with Crippen molar-refractivity contribution in [1.29, 1.82) is 0 Å². The highest BCUT2D eigenvalue weighted by atomic mass is 32.2. The molecule has 1 aliphatic rings. The molecule has 2 unspecified atom stereocenters. The van der Waals surface area contributed by atoms with Gasteiger partial charge in [-0.15, -0.1) is 0 Å². The summed E-state index contributed by atoms with van der Waals surface area (Å²) in [5.74, 6) is 0.538. The van der Waals surface area contributed by atoms with Crippen molar-refractivity contribution in [2.45, 2.75) is 18.4 Å². The van der Waals surface area contributed by atoms with Crippen LogP contribution in [0.25, 0.3) is 11.1 Å². The van der Waals surface area contributed by atoms with Crippen LogP contribution in [0.1, 0.15) is 17.9 Å². The number of rotatable bonds is 4. The first-order chi connectivity index (χ1) is 10.3. The lowest BCUT2D eigenvalue weighted by molar-refractivity contribution is 0.477. The van der Waals surface area contributed by atoms with Crippen molar-refractivity contribution >= 4 is 15.7 Å². The molecule has 5 nitrogen and oxygen atoms in total. The van der Waals surface area contributed by atoms with Gasteiger partial charge in [0.2, 0.25) is 10.0 Å². The number of aromatic hydroxyl groups is 1. The summed E-state index contributed by atoms with van der Waals surface area (Å²) < 4.78 is 25.0. The molecule has 0 amide bonds. The standard InChI is InChI=1S/C16H18N2O3S/c1-22(20,21)18-12-6-7-16(19)14(8-12)11-4-2-10(3-5-11)13-9-15(13)17/h2-8,13,15,18-19H,9,17H2,1H3. The second-order valence-corrected chi connectivity index (χ2v) is 7.48. The van der Waals surface area contributed by atoms with Crippen LogP contribution in [0, 0.1) is 0 Å². The quantitative estimate of drug-likeness (QED) is 0.754. The SMILES string of the molecule is CS(=O)(=O)Nc1ccc(O)c(-c2ccc(C3CC3N)cc2)c1. The molecule has 0 aromatic heterocycles. The third-order valence-electron chi connectivity index (χ3n) is 3.79. The largest absolute Gasteiger partial charge is 0.507 e. The number of phenolic OH excluding ortho intramolecular Hbond substituents is 1. The van der Waals surface area contributed by atoms with Crippen LogP contribution in [-0.4, -0.2) is 25.8 Å². The van der Waals surface area contributed by atoms with Crippen LogP contribution in [0.2, 0.25) is 0 Å². The fourth-order valence-electron chi connectivity index (χ4n) is 2.55. The van der Waals surface area contributed by atoms with Crippen LogP contribution in [-0.2, 0) is 10.0 Å². The van der Waals surface area contributed by atoms with Crippen LogP contribution in [0.5, 0.6) is 5.75 Å². The van der Waals surface area contributed by atoms with E-state index in [4.69, 9.17) is 5.73 Å². The Kier molecular flexibility index (Phi) is 3.58. The summed E-state index contributed by atoms with van der Waals surface area (Å²) in [7, 11) is -3.35. The number of sulfonamides is 1. The molecule has 0 radical (unpaired) electrons. The lowest BCUT2D eigenvalue weighted by Gasteiger charge is -2.10. The average molecular weight is 318 g/mol. The fraction of sp³-hybridized carbons (Fsp3) is 0.250. The molecule has 6 heteroatoms. The molecule has 116 valence electrons. The topological polar surface area (TPSA) is 92.4 Å². The maximum absolute atomic E-state index is 11.3. The molecule has 4 N–H and O–H groups in total. The van der Waals surface area contributed by atoms with Crippen LogP contribution in [0.4, 0.5) is 5.69 Å². The molecule has 2 aromatic carbocycles. The van der Waals surface area contributed by atoms with Gasteiger partial charge in [0.05, 0.1) is 6.26 Å². The van der Waals surface area contributed by atoms with Gasteiger partial charge in [-0.1, -0.05) is 24.3 Å². The van der Waals surface area contributed by atoms with E-state index < -0.39 is 10.0 Å². The first-order valence-corrected chi connectivity index (χ1v) is 8.89. The number of hydrogen-bond acceptors (Lipinski definition) is 4. The third kappa shape index (κ3) is 3.23. The molecule has 2 aromatic rings. The van der Waals surface area contributed by atoms with Gasteiger partial charge in [0.15, 0.2) is 0 Å². The number of hydrogen-bond donors (Lipinski definition) is 3. The first-order valence-electron chi connectivity index (χ1n) is 7.00. The Morgan fingerprint density at radius 1 is 1.18 bits per heavy atom. The zero-order valence-corrected chi connectivity index (χ0v) is 13.0. The molecular weight excluding hydrogens is 300 g/mol.